The summed E-state index contributed by atoms with van der Waals surface area (Å²) in [5.41, 5.74) is 6.01. The number of hydrogen-bond acceptors (Lipinski definition) is 3. The Labute approximate surface area is 194 Å². The zero-order valence-electron chi connectivity index (χ0n) is 19.4. The molecule has 2 atom stereocenters. The second kappa shape index (κ2) is 8.87. The maximum absolute atomic E-state index is 13.3. The molecule has 3 heterocycles. The number of carbonyl (C=O) groups excluding carboxylic acids is 1. The molecule has 1 fully saturated rings. The largest absolute Gasteiger partial charge is 0.356 e. The highest BCUT2D eigenvalue weighted by Gasteiger charge is 2.21. The van der Waals surface area contributed by atoms with Crippen molar-refractivity contribution in [2.75, 3.05) is 6.61 Å². The van der Waals surface area contributed by atoms with Gasteiger partial charge >= 0.3 is 0 Å². The Bertz CT molecular complexity index is 1300. The third-order valence-electron chi connectivity index (χ3n) is 6.52. The summed E-state index contributed by atoms with van der Waals surface area (Å²) in [4.78, 5) is 13.3. The van der Waals surface area contributed by atoms with Crippen LogP contribution in [-0.4, -0.2) is 26.9 Å². The Balaban J connectivity index is 1.47. The predicted molar refractivity (Wildman–Crippen MR) is 130 cm³/mol. The third-order valence-corrected chi connectivity index (χ3v) is 6.52. The van der Waals surface area contributed by atoms with Crippen molar-refractivity contribution in [2.24, 2.45) is 7.05 Å². The molecule has 0 saturated carbocycles. The summed E-state index contributed by atoms with van der Waals surface area (Å²) >= 11 is 0. The molecule has 1 N–H and O–H groups in total. The fourth-order valence-electron chi connectivity index (χ4n) is 4.72. The van der Waals surface area contributed by atoms with Crippen LogP contribution in [-0.2, 0) is 11.8 Å². The Hall–Kier alpha value is -3.38. The van der Waals surface area contributed by atoms with E-state index in [1.807, 2.05) is 53.8 Å². The van der Waals surface area contributed by atoms with E-state index >= 15 is 0 Å². The van der Waals surface area contributed by atoms with Gasteiger partial charge in [-0.1, -0.05) is 35.9 Å². The van der Waals surface area contributed by atoms with Crippen LogP contribution in [0, 0.1) is 6.92 Å². The summed E-state index contributed by atoms with van der Waals surface area (Å²) in [5.74, 6) is -0.0733. The van der Waals surface area contributed by atoms with Gasteiger partial charge in [-0.15, -0.1) is 0 Å². The van der Waals surface area contributed by atoms with Crippen molar-refractivity contribution in [3.8, 4) is 11.3 Å². The number of benzene rings is 2. The lowest BCUT2D eigenvalue weighted by atomic mass is 10.0. The van der Waals surface area contributed by atoms with Crippen molar-refractivity contribution >= 4 is 16.8 Å². The summed E-state index contributed by atoms with van der Waals surface area (Å²) in [6.45, 7) is 4.85. The number of rotatable bonds is 5. The lowest BCUT2D eigenvalue weighted by molar-refractivity contribution is -0.0383. The molecule has 0 spiro atoms. The smallest absolute Gasteiger partial charge is 0.253 e. The van der Waals surface area contributed by atoms with E-state index in [9.17, 15) is 4.79 Å². The molecule has 0 bridgehead atoms. The number of ether oxygens (including phenoxy) is 1. The van der Waals surface area contributed by atoms with Gasteiger partial charge in [-0.3, -0.25) is 4.79 Å². The molecule has 33 heavy (non-hydrogen) atoms. The fourth-order valence-corrected chi connectivity index (χ4v) is 4.72. The molecular formula is C27H30N4O2. The standard InChI is InChI=1S/C27H30N4O2/c1-18-7-6-8-20(15-18)19(2)29-27(32)23-17-30(3)25-11-10-21(16-22(23)25)24-12-13-28-31(24)26-9-4-5-14-33-26/h6-8,10-13,15-17,19,26H,4-5,9,14H2,1-3H3,(H,29,32)/t19-,26?/m0/s1. The number of fused-ring (bicyclic) bond motifs is 1. The van der Waals surface area contributed by atoms with Gasteiger partial charge in [0.2, 0.25) is 0 Å². The first kappa shape index (κ1) is 21.5. The average Bonchev–Trinajstić information content (AvgIpc) is 3.44. The summed E-state index contributed by atoms with van der Waals surface area (Å²) < 4.78 is 9.95. The Kier molecular flexibility index (Phi) is 5.77. The Morgan fingerprint density at radius 2 is 2.06 bits per heavy atom. The third kappa shape index (κ3) is 4.18. The lowest BCUT2D eigenvalue weighted by Crippen LogP contribution is -2.26. The first-order chi connectivity index (χ1) is 16.0. The van der Waals surface area contributed by atoms with Gasteiger partial charge in [-0.25, -0.2) is 4.68 Å². The van der Waals surface area contributed by atoms with Gasteiger partial charge in [-0.2, -0.15) is 5.10 Å². The maximum atomic E-state index is 13.3. The molecule has 6 nitrogen and oxygen atoms in total. The summed E-state index contributed by atoms with van der Waals surface area (Å²) in [6.07, 6.45) is 6.90. The highest BCUT2D eigenvalue weighted by Crippen LogP contribution is 2.31. The van der Waals surface area contributed by atoms with Crippen LogP contribution < -0.4 is 5.32 Å². The molecule has 2 aromatic carbocycles. The highest BCUT2D eigenvalue weighted by molar-refractivity contribution is 6.08. The SMILES string of the molecule is Cc1cccc([C@H](C)NC(=O)c2cn(C)c3ccc(-c4ccnn4C4CCCCO4)cc23)c1. The Morgan fingerprint density at radius 3 is 2.85 bits per heavy atom. The van der Waals surface area contributed by atoms with E-state index < -0.39 is 0 Å². The van der Waals surface area contributed by atoms with E-state index in [2.05, 4.69) is 47.7 Å². The van der Waals surface area contributed by atoms with Crippen LogP contribution >= 0.6 is 0 Å². The fraction of sp³-hybridized carbons (Fsp3) is 0.333. The molecule has 1 amide bonds. The van der Waals surface area contributed by atoms with Crippen LogP contribution in [0.5, 0.6) is 0 Å². The van der Waals surface area contributed by atoms with E-state index in [1.54, 1.807) is 0 Å². The van der Waals surface area contributed by atoms with Gasteiger partial charge in [0.25, 0.3) is 5.91 Å². The molecule has 0 radical (unpaired) electrons. The molecule has 170 valence electrons. The average molecular weight is 443 g/mol. The van der Waals surface area contributed by atoms with Crippen LogP contribution in [0.3, 0.4) is 0 Å². The zero-order valence-corrected chi connectivity index (χ0v) is 19.4. The van der Waals surface area contributed by atoms with Crippen molar-refractivity contribution < 1.29 is 9.53 Å². The number of nitrogens with one attached hydrogen (secondary N) is 1. The van der Waals surface area contributed by atoms with Gasteiger partial charge in [0.15, 0.2) is 6.23 Å². The number of carbonyl (C=O) groups is 1. The topological polar surface area (TPSA) is 61.1 Å². The van der Waals surface area contributed by atoms with Crippen molar-refractivity contribution in [3.63, 3.8) is 0 Å². The summed E-state index contributed by atoms with van der Waals surface area (Å²) in [6, 6.07) is 16.4. The van der Waals surface area contributed by atoms with Gasteiger partial charge in [0.05, 0.1) is 17.3 Å². The van der Waals surface area contributed by atoms with Crippen LogP contribution in [0.1, 0.15) is 59.9 Å². The molecular weight excluding hydrogens is 412 g/mol. The van der Waals surface area contributed by atoms with Crippen LogP contribution in [0.2, 0.25) is 0 Å². The molecule has 1 aliphatic heterocycles. The normalized spacial score (nSPS) is 17.2. The predicted octanol–water partition coefficient (Wildman–Crippen LogP) is 5.54. The molecule has 2 aromatic heterocycles. The van der Waals surface area contributed by atoms with Crippen LogP contribution in [0.15, 0.2) is 60.9 Å². The maximum Gasteiger partial charge on any atom is 0.253 e. The minimum absolute atomic E-state index is 0.0341. The van der Waals surface area contributed by atoms with E-state index in [4.69, 9.17) is 4.74 Å². The van der Waals surface area contributed by atoms with Crippen LogP contribution in [0.25, 0.3) is 22.2 Å². The zero-order chi connectivity index (χ0) is 22.9. The molecule has 1 aliphatic rings. The highest BCUT2D eigenvalue weighted by atomic mass is 16.5. The number of aryl methyl sites for hydroxylation is 2. The second-order valence-electron chi connectivity index (χ2n) is 8.98. The number of aromatic nitrogens is 3. The second-order valence-corrected chi connectivity index (χ2v) is 8.98. The molecule has 5 rings (SSSR count). The van der Waals surface area contributed by atoms with Crippen molar-refractivity contribution in [2.45, 2.75) is 45.4 Å². The molecule has 1 saturated heterocycles. The molecule has 6 heteroatoms. The van der Waals surface area contributed by atoms with Crippen molar-refractivity contribution in [1.29, 1.82) is 0 Å². The Morgan fingerprint density at radius 1 is 1.18 bits per heavy atom. The van der Waals surface area contributed by atoms with Crippen molar-refractivity contribution in [3.05, 3.63) is 77.6 Å². The van der Waals surface area contributed by atoms with Crippen molar-refractivity contribution in [1.82, 2.24) is 19.7 Å². The van der Waals surface area contributed by atoms with Gasteiger partial charge in [0.1, 0.15) is 0 Å². The van der Waals surface area contributed by atoms with E-state index in [-0.39, 0.29) is 18.2 Å². The monoisotopic (exact) mass is 442 g/mol. The van der Waals surface area contributed by atoms with Gasteiger partial charge in [-0.05, 0) is 56.9 Å². The number of amides is 1. The number of nitrogens with zero attached hydrogens (tertiary/aromatic N) is 3. The summed E-state index contributed by atoms with van der Waals surface area (Å²) in [5, 5.41) is 8.65. The molecule has 1 unspecified atom stereocenters. The van der Waals surface area contributed by atoms with Gasteiger partial charge in [0, 0.05) is 42.5 Å². The number of hydrogen-bond donors (Lipinski definition) is 1. The molecule has 0 aliphatic carbocycles. The first-order valence-corrected chi connectivity index (χ1v) is 11.6. The molecule has 4 aromatic rings. The lowest BCUT2D eigenvalue weighted by Gasteiger charge is -2.24. The quantitative estimate of drug-likeness (QED) is 0.441. The van der Waals surface area contributed by atoms with E-state index in [0.717, 1.165) is 53.6 Å². The minimum atomic E-state index is -0.0827. The van der Waals surface area contributed by atoms with E-state index in [0.29, 0.717) is 5.56 Å². The van der Waals surface area contributed by atoms with Gasteiger partial charge < -0.3 is 14.6 Å². The van der Waals surface area contributed by atoms with Crippen LogP contribution in [0.4, 0.5) is 0 Å². The summed E-state index contributed by atoms with van der Waals surface area (Å²) in [7, 11) is 1.98. The minimum Gasteiger partial charge on any atom is -0.356 e. The first-order valence-electron chi connectivity index (χ1n) is 11.6. The van der Waals surface area contributed by atoms with E-state index in [1.165, 1.54) is 5.56 Å².